The van der Waals surface area contributed by atoms with Crippen LogP contribution >= 0.6 is 11.6 Å². The number of ether oxygens (including phenoxy) is 1. The molecule has 0 aliphatic carbocycles. The summed E-state index contributed by atoms with van der Waals surface area (Å²) in [7, 11) is -2.03. The highest BCUT2D eigenvalue weighted by molar-refractivity contribution is 7.89. The smallest absolute Gasteiger partial charge is 0.243 e. The van der Waals surface area contributed by atoms with Crippen LogP contribution in [-0.2, 0) is 16.4 Å². The number of hydrogen-bond acceptors (Lipinski definition) is 6. The Morgan fingerprint density at radius 1 is 0.941 bits per heavy atom. The fraction of sp³-hybridized carbons (Fsp3) is 0.360. The Morgan fingerprint density at radius 2 is 1.65 bits per heavy atom. The monoisotopic (exact) mass is 500 g/mol. The highest BCUT2D eigenvalue weighted by Gasteiger charge is 2.28. The minimum absolute atomic E-state index is 0.277. The van der Waals surface area contributed by atoms with E-state index in [1.165, 1.54) is 0 Å². The SMILES string of the molecule is COc1ccc(S(=O)(=O)N2CCCN(c3nc(C)nc(C)c3Cc3ccc(Cl)cc3)CC2)cc1. The zero-order valence-corrected chi connectivity index (χ0v) is 21.2. The van der Waals surface area contributed by atoms with Crippen molar-refractivity contribution < 1.29 is 13.2 Å². The fourth-order valence-corrected chi connectivity index (χ4v) is 5.83. The van der Waals surface area contributed by atoms with Crippen LogP contribution in [0.4, 0.5) is 5.82 Å². The van der Waals surface area contributed by atoms with Crippen LogP contribution in [-0.4, -0.2) is 56.0 Å². The molecule has 180 valence electrons. The molecular formula is C25H29ClN4O3S. The Morgan fingerprint density at radius 3 is 2.32 bits per heavy atom. The zero-order valence-electron chi connectivity index (χ0n) is 19.7. The van der Waals surface area contributed by atoms with Crippen molar-refractivity contribution in [3.05, 3.63) is 76.2 Å². The van der Waals surface area contributed by atoms with E-state index < -0.39 is 10.0 Å². The summed E-state index contributed by atoms with van der Waals surface area (Å²) in [6.45, 7) is 6.01. The van der Waals surface area contributed by atoms with Gasteiger partial charge >= 0.3 is 0 Å². The van der Waals surface area contributed by atoms with Crippen LogP contribution in [0, 0.1) is 13.8 Å². The first-order valence-electron chi connectivity index (χ1n) is 11.3. The van der Waals surface area contributed by atoms with Gasteiger partial charge in [0.05, 0.1) is 12.0 Å². The molecule has 4 rings (SSSR count). The number of sulfonamides is 1. The van der Waals surface area contributed by atoms with Gasteiger partial charge in [-0.25, -0.2) is 18.4 Å². The normalized spacial score (nSPS) is 15.2. The molecule has 1 aliphatic heterocycles. The molecule has 7 nitrogen and oxygen atoms in total. The molecule has 0 spiro atoms. The van der Waals surface area contributed by atoms with Crippen LogP contribution in [0.3, 0.4) is 0 Å². The third kappa shape index (κ3) is 5.35. The Labute approximate surface area is 206 Å². The second-order valence-electron chi connectivity index (χ2n) is 8.38. The van der Waals surface area contributed by atoms with Gasteiger partial charge in [0.2, 0.25) is 10.0 Å². The van der Waals surface area contributed by atoms with E-state index in [1.807, 2.05) is 38.1 Å². The average Bonchev–Trinajstić information content (AvgIpc) is 3.09. The minimum Gasteiger partial charge on any atom is -0.497 e. The van der Waals surface area contributed by atoms with Crippen molar-refractivity contribution in [3.63, 3.8) is 0 Å². The maximum absolute atomic E-state index is 13.3. The molecule has 9 heteroatoms. The Hall–Kier alpha value is -2.68. The first kappa shape index (κ1) is 24.4. The Balaban J connectivity index is 1.57. The van der Waals surface area contributed by atoms with Crippen LogP contribution in [0.2, 0.25) is 5.02 Å². The number of aromatic nitrogens is 2. The quantitative estimate of drug-likeness (QED) is 0.503. The highest BCUT2D eigenvalue weighted by Crippen LogP contribution is 2.27. The lowest BCUT2D eigenvalue weighted by Crippen LogP contribution is -2.35. The first-order chi connectivity index (χ1) is 16.3. The highest BCUT2D eigenvalue weighted by atomic mass is 35.5. The number of anilines is 1. The molecule has 1 aromatic heterocycles. The molecule has 0 radical (unpaired) electrons. The van der Waals surface area contributed by atoms with Crippen molar-refractivity contribution >= 4 is 27.4 Å². The number of halogens is 1. The summed E-state index contributed by atoms with van der Waals surface area (Å²) in [5.41, 5.74) is 3.11. The maximum Gasteiger partial charge on any atom is 0.243 e. The van der Waals surface area contributed by atoms with Crippen LogP contribution in [0.5, 0.6) is 5.75 Å². The van der Waals surface area contributed by atoms with Gasteiger partial charge in [-0.1, -0.05) is 23.7 Å². The largest absolute Gasteiger partial charge is 0.497 e. The van der Waals surface area contributed by atoms with Gasteiger partial charge in [0.1, 0.15) is 17.4 Å². The molecule has 0 unspecified atom stereocenters. The summed E-state index contributed by atoms with van der Waals surface area (Å²) in [4.78, 5) is 11.8. The number of benzene rings is 2. The second kappa shape index (κ2) is 10.3. The van der Waals surface area contributed by atoms with Crippen molar-refractivity contribution in [2.75, 3.05) is 38.2 Å². The van der Waals surface area contributed by atoms with E-state index in [-0.39, 0.29) is 4.90 Å². The molecular weight excluding hydrogens is 472 g/mol. The summed E-state index contributed by atoms with van der Waals surface area (Å²) in [6.07, 6.45) is 1.39. The molecule has 2 aromatic carbocycles. The van der Waals surface area contributed by atoms with Crippen molar-refractivity contribution in [2.45, 2.75) is 31.6 Å². The average molecular weight is 501 g/mol. The zero-order chi connectivity index (χ0) is 24.3. The lowest BCUT2D eigenvalue weighted by atomic mass is 10.0. The van der Waals surface area contributed by atoms with Crippen LogP contribution in [0.25, 0.3) is 0 Å². The Kier molecular flexibility index (Phi) is 7.40. The predicted octanol–water partition coefficient (Wildman–Crippen LogP) is 4.25. The second-order valence-corrected chi connectivity index (χ2v) is 10.8. The third-order valence-electron chi connectivity index (χ3n) is 6.05. The van der Waals surface area contributed by atoms with Gasteiger partial charge in [-0.2, -0.15) is 4.31 Å². The van der Waals surface area contributed by atoms with Gasteiger partial charge in [0.15, 0.2) is 0 Å². The lowest BCUT2D eigenvalue weighted by molar-refractivity contribution is 0.413. The molecule has 3 aromatic rings. The summed E-state index contributed by atoms with van der Waals surface area (Å²) >= 11 is 6.05. The van der Waals surface area contributed by atoms with E-state index in [4.69, 9.17) is 21.3 Å². The van der Waals surface area contributed by atoms with E-state index >= 15 is 0 Å². The molecule has 1 aliphatic rings. The molecule has 0 N–H and O–H groups in total. The fourth-order valence-electron chi connectivity index (χ4n) is 4.24. The van der Waals surface area contributed by atoms with E-state index in [1.54, 1.807) is 35.7 Å². The van der Waals surface area contributed by atoms with Gasteiger partial charge in [0.25, 0.3) is 0 Å². The molecule has 34 heavy (non-hydrogen) atoms. The predicted molar refractivity (Wildman–Crippen MR) is 134 cm³/mol. The molecule has 0 amide bonds. The topological polar surface area (TPSA) is 75.6 Å². The number of nitrogens with zero attached hydrogens (tertiary/aromatic N) is 4. The summed E-state index contributed by atoms with van der Waals surface area (Å²) in [5.74, 6) is 2.21. The number of methoxy groups -OCH3 is 1. The summed E-state index contributed by atoms with van der Waals surface area (Å²) in [6, 6.07) is 14.3. The third-order valence-corrected chi connectivity index (χ3v) is 8.21. The van der Waals surface area contributed by atoms with Gasteiger partial charge in [-0.15, -0.1) is 0 Å². The minimum atomic E-state index is -3.59. The first-order valence-corrected chi connectivity index (χ1v) is 13.1. The number of aryl methyl sites for hydroxylation is 2. The summed E-state index contributed by atoms with van der Waals surface area (Å²) < 4.78 is 33.2. The molecule has 2 heterocycles. The van der Waals surface area contributed by atoms with Crippen molar-refractivity contribution in [3.8, 4) is 5.75 Å². The van der Waals surface area contributed by atoms with Gasteiger partial charge in [-0.05, 0) is 62.2 Å². The number of rotatable bonds is 6. The molecule has 0 atom stereocenters. The van der Waals surface area contributed by atoms with Gasteiger partial charge < -0.3 is 9.64 Å². The van der Waals surface area contributed by atoms with Crippen LogP contribution in [0.15, 0.2) is 53.4 Å². The van der Waals surface area contributed by atoms with Crippen molar-refractivity contribution in [1.29, 1.82) is 0 Å². The van der Waals surface area contributed by atoms with E-state index in [9.17, 15) is 8.42 Å². The van der Waals surface area contributed by atoms with Crippen molar-refractivity contribution in [2.24, 2.45) is 0 Å². The molecule has 0 saturated carbocycles. The molecule has 1 saturated heterocycles. The Bertz CT molecular complexity index is 1250. The van der Waals surface area contributed by atoms with Gasteiger partial charge in [0, 0.05) is 48.9 Å². The standard InChI is InChI=1S/C25H29ClN4O3S/c1-18-24(17-20-5-7-21(26)8-6-20)25(28-19(2)27-18)29-13-4-14-30(16-15-29)34(31,32)23-11-9-22(33-3)10-12-23/h5-12H,4,13-17H2,1-3H3. The van der Waals surface area contributed by atoms with E-state index in [0.29, 0.717) is 49.1 Å². The lowest BCUT2D eigenvalue weighted by Gasteiger charge is -2.26. The van der Waals surface area contributed by atoms with Gasteiger partial charge in [-0.3, -0.25) is 0 Å². The maximum atomic E-state index is 13.3. The molecule has 1 fully saturated rings. The van der Waals surface area contributed by atoms with Crippen molar-refractivity contribution in [1.82, 2.24) is 14.3 Å². The summed E-state index contributed by atoms with van der Waals surface area (Å²) in [5, 5.41) is 0.700. The number of hydrogen-bond donors (Lipinski definition) is 0. The van der Waals surface area contributed by atoms with Crippen LogP contribution in [0.1, 0.15) is 29.1 Å². The van der Waals surface area contributed by atoms with E-state index in [0.717, 1.165) is 29.2 Å². The van der Waals surface area contributed by atoms with E-state index in [2.05, 4.69) is 9.88 Å². The van der Waals surface area contributed by atoms with Crippen LogP contribution < -0.4 is 9.64 Å². The molecule has 0 bridgehead atoms.